The molecule has 0 unspecified atom stereocenters. The molecule has 22 heavy (non-hydrogen) atoms. The third-order valence-electron chi connectivity index (χ3n) is 3.87. The number of hydrogen-bond acceptors (Lipinski definition) is 5. The number of nitrogens with zero attached hydrogens (tertiary/aromatic N) is 5. The van der Waals surface area contributed by atoms with Crippen molar-refractivity contribution in [1.82, 2.24) is 24.6 Å². The van der Waals surface area contributed by atoms with Gasteiger partial charge >= 0.3 is 0 Å². The Morgan fingerprint density at radius 1 is 1.41 bits per heavy atom. The lowest BCUT2D eigenvalue weighted by Crippen LogP contribution is -2.31. The summed E-state index contributed by atoms with van der Waals surface area (Å²) in [4.78, 5) is 22.6. The predicted molar refractivity (Wildman–Crippen MR) is 82.0 cm³/mol. The van der Waals surface area contributed by atoms with Gasteiger partial charge in [-0.05, 0) is 18.9 Å². The second-order valence-corrected chi connectivity index (χ2v) is 5.44. The molecule has 7 heteroatoms. The molecular formula is C15H20N6O. The van der Waals surface area contributed by atoms with Gasteiger partial charge < -0.3 is 10.2 Å². The first-order chi connectivity index (χ1) is 10.7. The summed E-state index contributed by atoms with van der Waals surface area (Å²) in [5, 5.41) is 7.28. The van der Waals surface area contributed by atoms with Crippen LogP contribution in [0.4, 0.5) is 5.95 Å². The van der Waals surface area contributed by atoms with Gasteiger partial charge in [-0.2, -0.15) is 5.10 Å². The first-order valence-corrected chi connectivity index (χ1v) is 7.53. The predicted octanol–water partition coefficient (Wildman–Crippen LogP) is 1.38. The quantitative estimate of drug-likeness (QED) is 0.902. The molecule has 2 aromatic heterocycles. The molecule has 1 amide bonds. The highest BCUT2D eigenvalue weighted by Crippen LogP contribution is 2.31. The minimum atomic E-state index is 0.161. The standard InChI is InChI=1S/C15H20N6O/c1-20-11-12(10-19-20)13-4-2-9-21(13)14(22)5-8-18-15-16-6-3-7-17-15/h3,6-7,10-11,13H,2,4-5,8-9H2,1H3,(H,16,17,18)/t13-/m0/s1. The maximum absolute atomic E-state index is 12.4. The molecule has 0 aliphatic carbocycles. The Balaban J connectivity index is 1.55. The van der Waals surface area contributed by atoms with Gasteiger partial charge in [-0.15, -0.1) is 0 Å². The molecule has 7 nitrogen and oxygen atoms in total. The van der Waals surface area contributed by atoms with E-state index in [0.29, 0.717) is 18.9 Å². The van der Waals surface area contributed by atoms with Crippen LogP contribution in [0.15, 0.2) is 30.9 Å². The number of carbonyl (C=O) groups excluding carboxylic acids is 1. The summed E-state index contributed by atoms with van der Waals surface area (Å²) in [6.07, 6.45) is 9.69. The van der Waals surface area contributed by atoms with Crippen LogP contribution < -0.4 is 5.32 Å². The molecule has 0 bridgehead atoms. The van der Waals surface area contributed by atoms with E-state index in [0.717, 1.165) is 24.9 Å². The first-order valence-electron chi connectivity index (χ1n) is 7.53. The zero-order valence-corrected chi connectivity index (χ0v) is 12.6. The van der Waals surface area contributed by atoms with Crippen molar-refractivity contribution in [3.05, 3.63) is 36.4 Å². The number of carbonyl (C=O) groups is 1. The second kappa shape index (κ2) is 6.55. The number of aromatic nitrogens is 4. The molecule has 0 radical (unpaired) electrons. The van der Waals surface area contributed by atoms with Gasteiger partial charge in [-0.25, -0.2) is 9.97 Å². The Morgan fingerprint density at radius 2 is 2.23 bits per heavy atom. The lowest BCUT2D eigenvalue weighted by molar-refractivity contribution is -0.131. The summed E-state index contributed by atoms with van der Waals surface area (Å²) in [6, 6.07) is 1.92. The van der Waals surface area contributed by atoms with Crippen molar-refractivity contribution < 1.29 is 4.79 Å². The van der Waals surface area contributed by atoms with Gasteiger partial charge in [0.2, 0.25) is 11.9 Å². The smallest absolute Gasteiger partial charge is 0.224 e. The zero-order valence-electron chi connectivity index (χ0n) is 12.6. The molecule has 0 aromatic carbocycles. The third kappa shape index (κ3) is 3.24. The number of amides is 1. The maximum Gasteiger partial charge on any atom is 0.224 e. The summed E-state index contributed by atoms with van der Waals surface area (Å²) in [6.45, 7) is 1.36. The SMILES string of the molecule is Cn1cc([C@@H]2CCCN2C(=O)CCNc2ncccn2)cn1. The zero-order chi connectivity index (χ0) is 15.4. The summed E-state index contributed by atoms with van der Waals surface area (Å²) in [5.74, 6) is 0.718. The minimum Gasteiger partial charge on any atom is -0.354 e. The normalized spacial score (nSPS) is 17.7. The molecule has 1 atom stereocenters. The Bertz CT molecular complexity index is 626. The number of likely N-dealkylation sites (tertiary alicyclic amines) is 1. The largest absolute Gasteiger partial charge is 0.354 e. The highest BCUT2D eigenvalue weighted by molar-refractivity contribution is 5.77. The Labute approximate surface area is 129 Å². The van der Waals surface area contributed by atoms with Crippen LogP contribution >= 0.6 is 0 Å². The van der Waals surface area contributed by atoms with E-state index in [1.54, 1.807) is 23.1 Å². The van der Waals surface area contributed by atoms with Crippen molar-refractivity contribution in [3.8, 4) is 0 Å². The Kier molecular flexibility index (Phi) is 4.32. The van der Waals surface area contributed by atoms with E-state index < -0.39 is 0 Å². The van der Waals surface area contributed by atoms with Crippen LogP contribution in [0.2, 0.25) is 0 Å². The molecule has 3 rings (SSSR count). The fraction of sp³-hybridized carbons (Fsp3) is 0.467. The van der Waals surface area contributed by atoms with Gasteiger partial charge in [0.05, 0.1) is 12.2 Å². The minimum absolute atomic E-state index is 0.161. The van der Waals surface area contributed by atoms with Crippen molar-refractivity contribution in [2.24, 2.45) is 7.05 Å². The second-order valence-electron chi connectivity index (χ2n) is 5.44. The van der Waals surface area contributed by atoms with Crippen molar-refractivity contribution in [2.75, 3.05) is 18.4 Å². The van der Waals surface area contributed by atoms with Gasteiger partial charge in [-0.3, -0.25) is 9.48 Å². The van der Waals surface area contributed by atoms with Crippen molar-refractivity contribution in [1.29, 1.82) is 0 Å². The molecule has 0 spiro atoms. The van der Waals surface area contributed by atoms with E-state index in [2.05, 4.69) is 20.4 Å². The molecule has 116 valence electrons. The third-order valence-corrected chi connectivity index (χ3v) is 3.87. The Morgan fingerprint density at radius 3 is 2.95 bits per heavy atom. The summed E-state index contributed by atoms with van der Waals surface area (Å²) in [5.41, 5.74) is 1.12. The van der Waals surface area contributed by atoms with Gasteiger partial charge in [-0.1, -0.05) is 0 Å². The number of aryl methyl sites for hydroxylation is 1. The van der Waals surface area contributed by atoms with E-state index in [-0.39, 0.29) is 11.9 Å². The van der Waals surface area contributed by atoms with Crippen LogP contribution in [-0.2, 0) is 11.8 Å². The van der Waals surface area contributed by atoms with Crippen molar-refractivity contribution in [3.63, 3.8) is 0 Å². The molecule has 1 saturated heterocycles. The average molecular weight is 300 g/mol. The number of rotatable bonds is 5. The van der Waals surface area contributed by atoms with E-state index in [1.807, 2.05) is 24.3 Å². The molecule has 3 heterocycles. The lowest BCUT2D eigenvalue weighted by atomic mass is 10.1. The molecule has 1 N–H and O–H groups in total. The van der Waals surface area contributed by atoms with Crippen LogP contribution in [0, 0.1) is 0 Å². The van der Waals surface area contributed by atoms with E-state index in [1.165, 1.54) is 0 Å². The molecule has 1 aliphatic rings. The summed E-state index contributed by atoms with van der Waals surface area (Å²) >= 11 is 0. The van der Waals surface area contributed by atoms with Crippen LogP contribution in [0.3, 0.4) is 0 Å². The molecule has 0 saturated carbocycles. The molecular weight excluding hydrogens is 280 g/mol. The number of hydrogen-bond donors (Lipinski definition) is 1. The van der Waals surface area contributed by atoms with Crippen molar-refractivity contribution >= 4 is 11.9 Å². The van der Waals surface area contributed by atoms with Gasteiger partial charge in [0.1, 0.15) is 0 Å². The van der Waals surface area contributed by atoms with Gasteiger partial charge in [0, 0.05) is 50.7 Å². The number of anilines is 1. The van der Waals surface area contributed by atoms with Gasteiger partial charge in [0.25, 0.3) is 0 Å². The van der Waals surface area contributed by atoms with E-state index in [9.17, 15) is 4.79 Å². The highest BCUT2D eigenvalue weighted by atomic mass is 16.2. The topological polar surface area (TPSA) is 75.9 Å². The summed E-state index contributed by atoms with van der Waals surface area (Å²) in [7, 11) is 1.90. The van der Waals surface area contributed by atoms with Crippen LogP contribution in [0.25, 0.3) is 0 Å². The van der Waals surface area contributed by atoms with Gasteiger partial charge in [0.15, 0.2) is 0 Å². The highest BCUT2D eigenvalue weighted by Gasteiger charge is 2.30. The van der Waals surface area contributed by atoms with Crippen molar-refractivity contribution in [2.45, 2.75) is 25.3 Å². The van der Waals surface area contributed by atoms with Crippen LogP contribution in [0.1, 0.15) is 30.9 Å². The fourth-order valence-electron chi connectivity index (χ4n) is 2.84. The Hall–Kier alpha value is -2.44. The van der Waals surface area contributed by atoms with E-state index >= 15 is 0 Å². The maximum atomic E-state index is 12.4. The molecule has 1 fully saturated rings. The van der Waals surface area contributed by atoms with Crippen LogP contribution in [-0.4, -0.2) is 43.6 Å². The molecule has 1 aliphatic heterocycles. The lowest BCUT2D eigenvalue weighted by Gasteiger charge is -2.24. The first kappa shape index (κ1) is 14.5. The fourth-order valence-corrected chi connectivity index (χ4v) is 2.84. The average Bonchev–Trinajstić information content (AvgIpc) is 3.16. The van der Waals surface area contributed by atoms with Crippen LogP contribution in [0.5, 0.6) is 0 Å². The monoisotopic (exact) mass is 300 g/mol. The number of nitrogens with one attached hydrogen (secondary N) is 1. The summed E-state index contributed by atoms with van der Waals surface area (Å²) < 4.78 is 1.78. The van der Waals surface area contributed by atoms with E-state index in [4.69, 9.17) is 0 Å². The molecule has 2 aromatic rings.